The molecule has 0 aromatic rings. The summed E-state index contributed by atoms with van der Waals surface area (Å²) in [5, 5.41) is 0. The Morgan fingerprint density at radius 1 is 1.73 bits per heavy atom. The van der Waals surface area contributed by atoms with Crippen molar-refractivity contribution in [3.8, 4) is 0 Å². The molecule has 1 aliphatic rings. The summed E-state index contributed by atoms with van der Waals surface area (Å²) in [7, 11) is 0. The van der Waals surface area contributed by atoms with Crippen LogP contribution in [0, 0.1) is 5.92 Å². The van der Waals surface area contributed by atoms with Crippen molar-refractivity contribution in [2.45, 2.75) is 26.2 Å². The van der Waals surface area contributed by atoms with Crippen molar-refractivity contribution in [3.05, 3.63) is 0 Å². The third-order valence-electron chi connectivity index (χ3n) is 2.56. The Morgan fingerprint density at radius 2 is 2.47 bits per heavy atom. The normalized spacial score (nSPS) is 21.6. The Hall–Kier alpha value is -1.14. The zero-order valence-corrected chi connectivity index (χ0v) is 8.86. The van der Waals surface area contributed by atoms with Crippen molar-refractivity contribution in [1.29, 1.82) is 0 Å². The molecule has 1 fully saturated rings. The van der Waals surface area contributed by atoms with Gasteiger partial charge in [-0.05, 0) is 12.8 Å². The molecular weight excluding hydrogens is 198 g/mol. The van der Waals surface area contributed by atoms with Crippen LogP contribution in [0.3, 0.4) is 0 Å². The van der Waals surface area contributed by atoms with E-state index >= 15 is 0 Å². The molecule has 0 spiro atoms. The summed E-state index contributed by atoms with van der Waals surface area (Å²) in [5.74, 6) is 4.55. The van der Waals surface area contributed by atoms with Crippen LogP contribution in [-0.4, -0.2) is 29.9 Å². The first-order valence-corrected chi connectivity index (χ1v) is 5.09. The summed E-state index contributed by atoms with van der Waals surface area (Å²) >= 11 is 0. The fourth-order valence-corrected chi connectivity index (χ4v) is 1.70. The van der Waals surface area contributed by atoms with Crippen molar-refractivity contribution in [1.82, 2.24) is 10.5 Å². The van der Waals surface area contributed by atoms with E-state index in [9.17, 15) is 9.59 Å². The van der Waals surface area contributed by atoms with Crippen molar-refractivity contribution in [3.63, 3.8) is 0 Å². The third kappa shape index (κ3) is 3.49. The number of likely N-dealkylation sites (tertiary alicyclic amines) is 1. The van der Waals surface area contributed by atoms with Gasteiger partial charge in [0.1, 0.15) is 0 Å². The molecule has 1 heterocycles. The van der Waals surface area contributed by atoms with E-state index < -0.39 is 5.97 Å². The van der Waals surface area contributed by atoms with Gasteiger partial charge in [-0.3, -0.25) is 9.59 Å². The number of carbonyl (C=O) groups is 2. The van der Waals surface area contributed by atoms with Crippen LogP contribution in [0.5, 0.6) is 0 Å². The maximum Gasteiger partial charge on any atom is 0.328 e. The second kappa shape index (κ2) is 5.67. The minimum Gasteiger partial charge on any atom is -0.356 e. The van der Waals surface area contributed by atoms with Crippen molar-refractivity contribution in [2.24, 2.45) is 11.8 Å². The first kappa shape index (κ1) is 11.9. The SMILES string of the molecule is CC1CCCN(CCC(=O)ONN)C1=O. The van der Waals surface area contributed by atoms with Crippen LogP contribution in [0.1, 0.15) is 26.2 Å². The highest BCUT2D eigenvalue weighted by molar-refractivity contribution is 5.79. The van der Waals surface area contributed by atoms with Gasteiger partial charge >= 0.3 is 5.97 Å². The van der Waals surface area contributed by atoms with Gasteiger partial charge < -0.3 is 9.74 Å². The molecule has 1 saturated heterocycles. The second-order valence-corrected chi connectivity index (χ2v) is 3.71. The van der Waals surface area contributed by atoms with Crippen LogP contribution in [0.4, 0.5) is 0 Å². The molecule has 0 saturated carbocycles. The van der Waals surface area contributed by atoms with Crippen LogP contribution in [0.25, 0.3) is 0 Å². The summed E-state index contributed by atoms with van der Waals surface area (Å²) in [5.41, 5.74) is 1.82. The summed E-state index contributed by atoms with van der Waals surface area (Å²) < 4.78 is 0. The molecule has 1 rings (SSSR count). The summed E-state index contributed by atoms with van der Waals surface area (Å²) in [4.78, 5) is 28.6. The minimum atomic E-state index is -0.455. The van der Waals surface area contributed by atoms with Gasteiger partial charge in [-0.2, -0.15) is 0 Å². The Balaban J connectivity index is 2.31. The maximum atomic E-state index is 11.6. The van der Waals surface area contributed by atoms with Gasteiger partial charge in [0.05, 0.1) is 6.42 Å². The van der Waals surface area contributed by atoms with Crippen molar-refractivity contribution in [2.75, 3.05) is 13.1 Å². The predicted octanol–water partition coefficient (Wildman–Crippen LogP) is -0.443. The molecule has 1 amide bonds. The van der Waals surface area contributed by atoms with E-state index in [-0.39, 0.29) is 18.2 Å². The highest BCUT2D eigenvalue weighted by Gasteiger charge is 2.25. The van der Waals surface area contributed by atoms with E-state index in [0.717, 1.165) is 19.4 Å². The van der Waals surface area contributed by atoms with E-state index in [1.807, 2.05) is 12.5 Å². The molecule has 1 unspecified atom stereocenters. The molecule has 0 radical (unpaired) electrons. The molecule has 6 heteroatoms. The lowest BCUT2D eigenvalue weighted by Gasteiger charge is -2.30. The fourth-order valence-electron chi connectivity index (χ4n) is 1.70. The summed E-state index contributed by atoms with van der Waals surface area (Å²) in [6, 6.07) is 0. The lowest BCUT2D eigenvalue weighted by molar-refractivity contribution is -0.152. The lowest BCUT2D eigenvalue weighted by Crippen LogP contribution is -2.41. The quantitative estimate of drug-likeness (QED) is 0.490. The lowest BCUT2D eigenvalue weighted by atomic mass is 9.99. The van der Waals surface area contributed by atoms with Gasteiger partial charge in [0, 0.05) is 19.0 Å². The number of hydrazine groups is 1. The number of piperidine rings is 1. The molecule has 0 aliphatic carbocycles. The first-order chi connectivity index (χ1) is 7.15. The third-order valence-corrected chi connectivity index (χ3v) is 2.56. The Morgan fingerprint density at radius 3 is 3.13 bits per heavy atom. The molecule has 86 valence electrons. The van der Waals surface area contributed by atoms with Crippen LogP contribution >= 0.6 is 0 Å². The highest BCUT2D eigenvalue weighted by atomic mass is 16.7. The maximum absolute atomic E-state index is 11.6. The molecule has 1 aliphatic heterocycles. The zero-order chi connectivity index (χ0) is 11.3. The van der Waals surface area contributed by atoms with Crippen LogP contribution in [0.2, 0.25) is 0 Å². The number of carbonyl (C=O) groups excluding carboxylic acids is 2. The number of hydrogen-bond donors (Lipinski definition) is 2. The van der Waals surface area contributed by atoms with Gasteiger partial charge in [0.2, 0.25) is 5.91 Å². The Labute approximate surface area is 88.7 Å². The standard InChI is InChI=1S/C9H17N3O3/c1-7-3-2-5-12(9(7)14)6-4-8(13)15-11-10/h7,11H,2-6,10H2,1H3. The number of hydrogen-bond acceptors (Lipinski definition) is 5. The van der Waals surface area contributed by atoms with Gasteiger partial charge in [0.25, 0.3) is 0 Å². The van der Waals surface area contributed by atoms with Crippen molar-refractivity contribution >= 4 is 11.9 Å². The topological polar surface area (TPSA) is 84.7 Å². The number of nitrogens with zero attached hydrogens (tertiary/aromatic N) is 1. The monoisotopic (exact) mass is 215 g/mol. The number of amides is 1. The smallest absolute Gasteiger partial charge is 0.328 e. The molecule has 1 atom stereocenters. The summed E-state index contributed by atoms with van der Waals surface area (Å²) in [6.45, 7) is 3.05. The Kier molecular flexibility index (Phi) is 4.51. The number of rotatable bonds is 4. The fraction of sp³-hybridized carbons (Fsp3) is 0.778. The van der Waals surface area contributed by atoms with Gasteiger partial charge in [-0.25, -0.2) is 5.84 Å². The molecule has 0 bridgehead atoms. The van der Waals surface area contributed by atoms with Crippen molar-refractivity contribution < 1.29 is 14.4 Å². The van der Waals surface area contributed by atoms with Gasteiger partial charge in [-0.15, -0.1) is 0 Å². The number of nitrogens with one attached hydrogen (secondary N) is 1. The largest absolute Gasteiger partial charge is 0.356 e. The van der Waals surface area contributed by atoms with Gasteiger partial charge in [0.15, 0.2) is 0 Å². The number of nitrogens with two attached hydrogens (primary N) is 1. The second-order valence-electron chi connectivity index (χ2n) is 3.71. The molecule has 0 aromatic carbocycles. The van der Waals surface area contributed by atoms with Crippen LogP contribution in [0.15, 0.2) is 0 Å². The molecule has 15 heavy (non-hydrogen) atoms. The van der Waals surface area contributed by atoms with E-state index in [1.54, 1.807) is 4.90 Å². The molecular formula is C9H17N3O3. The minimum absolute atomic E-state index is 0.0717. The van der Waals surface area contributed by atoms with E-state index in [0.29, 0.717) is 6.54 Å². The molecule has 0 aromatic heterocycles. The predicted molar refractivity (Wildman–Crippen MR) is 53.0 cm³/mol. The zero-order valence-electron chi connectivity index (χ0n) is 8.86. The van der Waals surface area contributed by atoms with E-state index in [4.69, 9.17) is 5.84 Å². The average Bonchev–Trinajstić information content (AvgIpc) is 2.21. The Bertz CT molecular complexity index is 245. The molecule has 6 nitrogen and oxygen atoms in total. The van der Waals surface area contributed by atoms with Crippen LogP contribution < -0.4 is 11.4 Å². The summed E-state index contributed by atoms with van der Waals surface area (Å²) in [6.07, 6.45) is 2.10. The van der Waals surface area contributed by atoms with E-state index in [1.165, 1.54) is 0 Å². The van der Waals surface area contributed by atoms with E-state index in [2.05, 4.69) is 4.84 Å². The average molecular weight is 215 g/mol. The molecule has 3 N–H and O–H groups in total. The first-order valence-electron chi connectivity index (χ1n) is 5.09. The highest BCUT2D eigenvalue weighted by Crippen LogP contribution is 2.17. The van der Waals surface area contributed by atoms with Gasteiger partial charge in [-0.1, -0.05) is 12.5 Å². The van der Waals surface area contributed by atoms with Crippen LogP contribution in [-0.2, 0) is 14.4 Å².